The molecule has 2 aromatic carbocycles. The average molecular weight is 302 g/mol. The Balaban J connectivity index is 1.79. The van der Waals surface area contributed by atoms with Crippen molar-refractivity contribution in [2.45, 2.75) is 4.90 Å². The average Bonchev–Trinajstić information content (AvgIpc) is 3.03. The number of benzene rings is 2. The standard InChI is InChI=1S/C15H14N2O3S/c18-21(19,14-4-2-1-3-5-14)17-13-8-6-12(7-9-13)15-16-10-11-20-15/h1-9,17H,10-11H2. The number of rotatable bonds is 4. The van der Waals surface area contributed by atoms with E-state index in [1.54, 1.807) is 54.6 Å². The number of sulfonamides is 1. The van der Waals surface area contributed by atoms with Crippen LogP contribution in [0.25, 0.3) is 0 Å². The molecule has 0 saturated carbocycles. The molecule has 1 N–H and O–H groups in total. The molecule has 2 aromatic rings. The van der Waals surface area contributed by atoms with Gasteiger partial charge in [0.2, 0.25) is 5.90 Å². The first-order valence-electron chi connectivity index (χ1n) is 6.51. The van der Waals surface area contributed by atoms with Gasteiger partial charge in [-0.1, -0.05) is 18.2 Å². The van der Waals surface area contributed by atoms with Crippen LogP contribution >= 0.6 is 0 Å². The molecule has 0 saturated heterocycles. The first-order valence-corrected chi connectivity index (χ1v) is 7.99. The Labute approximate surface area is 123 Å². The van der Waals surface area contributed by atoms with E-state index in [2.05, 4.69) is 9.71 Å². The lowest BCUT2D eigenvalue weighted by Crippen LogP contribution is -2.12. The summed E-state index contributed by atoms with van der Waals surface area (Å²) >= 11 is 0. The number of hydrogen-bond acceptors (Lipinski definition) is 4. The molecule has 0 spiro atoms. The molecule has 0 aliphatic carbocycles. The van der Waals surface area contributed by atoms with Crippen LogP contribution in [0.3, 0.4) is 0 Å². The second kappa shape index (κ2) is 5.57. The monoisotopic (exact) mass is 302 g/mol. The summed E-state index contributed by atoms with van der Waals surface area (Å²) < 4.78 is 32.3. The molecule has 0 unspecified atom stereocenters. The van der Waals surface area contributed by atoms with Gasteiger partial charge in [0.15, 0.2) is 0 Å². The summed E-state index contributed by atoms with van der Waals surface area (Å²) in [5, 5.41) is 0. The molecule has 0 aromatic heterocycles. The highest BCUT2D eigenvalue weighted by Gasteiger charge is 2.14. The van der Waals surface area contributed by atoms with E-state index < -0.39 is 10.0 Å². The van der Waals surface area contributed by atoms with Gasteiger partial charge in [-0.3, -0.25) is 4.72 Å². The maximum atomic E-state index is 12.2. The van der Waals surface area contributed by atoms with Crippen LogP contribution in [0.2, 0.25) is 0 Å². The van der Waals surface area contributed by atoms with Crippen molar-refractivity contribution in [2.75, 3.05) is 17.9 Å². The minimum Gasteiger partial charge on any atom is -0.476 e. The van der Waals surface area contributed by atoms with Gasteiger partial charge >= 0.3 is 0 Å². The lowest BCUT2D eigenvalue weighted by atomic mass is 10.2. The van der Waals surface area contributed by atoms with Gasteiger partial charge in [-0.25, -0.2) is 13.4 Å². The fourth-order valence-electron chi connectivity index (χ4n) is 2.00. The Kier molecular flexibility index (Phi) is 3.62. The molecule has 6 heteroatoms. The van der Waals surface area contributed by atoms with Crippen molar-refractivity contribution in [1.29, 1.82) is 0 Å². The first kappa shape index (κ1) is 13.6. The van der Waals surface area contributed by atoms with E-state index >= 15 is 0 Å². The second-order valence-corrected chi connectivity index (χ2v) is 6.21. The van der Waals surface area contributed by atoms with E-state index in [0.29, 0.717) is 24.7 Å². The third-order valence-electron chi connectivity index (χ3n) is 3.02. The van der Waals surface area contributed by atoms with E-state index in [-0.39, 0.29) is 4.90 Å². The highest BCUT2D eigenvalue weighted by atomic mass is 32.2. The summed E-state index contributed by atoms with van der Waals surface area (Å²) in [6, 6.07) is 15.2. The molecule has 0 amide bonds. The van der Waals surface area contributed by atoms with Gasteiger partial charge in [-0.15, -0.1) is 0 Å². The van der Waals surface area contributed by atoms with E-state index in [4.69, 9.17) is 4.74 Å². The molecule has 5 nitrogen and oxygen atoms in total. The summed E-state index contributed by atoms with van der Waals surface area (Å²) in [6.45, 7) is 1.26. The van der Waals surface area contributed by atoms with Gasteiger partial charge in [0.05, 0.1) is 11.4 Å². The summed E-state index contributed by atoms with van der Waals surface area (Å²) in [5.41, 5.74) is 1.34. The van der Waals surface area contributed by atoms with Gasteiger partial charge < -0.3 is 4.74 Å². The number of ether oxygens (including phenoxy) is 1. The minimum absolute atomic E-state index is 0.234. The van der Waals surface area contributed by atoms with E-state index in [1.165, 1.54) is 0 Å². The van der Waals surface area contributed by atoms with Crippen molar-refractivity contribution < 1.29 is 13.2 Å². The van der Waals surface area contributed by atoms with Crippen LogP contribution in [0.4, 0.5) is 5.69 Å². The normalized spacial score (nSPS) is 14.4. The van der Waals surface area contributed by atoms with Crippen molar-refractivity contribution in [3.05, 3.63) is 60.2 Å². The second-order valence-electron chi connectivity index (χ2n) is 4.53. The Bertz CT molecular complexity index is 753. The molecule has 21 heavy (non-hydrogen) atoms. The predicted octanol–water partition coefficient (Wildman–Crippen LogP) is 2.26. The summed E-state index contributed by atoms with van der Waals surface area (Å²) in [7, 11) is -3.56. The summed E-state index contributed by atoms with van der Waals surface area (Å²) in [4.78, 5) is 4.45. The van der Waals surface area contributed by atoms with E-state index in [0.717, 1.165) is 5.56 Å². The number of nitrogens with one attached hydrogen (secondary N) is 1. The Morgan fingerprint density at radius 3 is 2.33 bits per heavy atom. The molecule has 108 valence electrons. The summed E-state index contributed by atoms with van der Waals surface area (Å²) in [6.07, 6.45) is 0. The van der Waals surface area contributed by atoms with Crippen molar-refractivity contribution in [3.8, 4) is 0 Å². The van der Waals surface area contributed by atoms with Crippen molar-refractivity contribution >= 4 is 21.6 Å². The fraction of sp³-hybridized carbons (Fsp3) is 0.133. The Hall–Kier alpha value is -2.34. The predicted molar refractivity (Wildman–Crippen MR) is 81.0 cm³/mol. The Morgan fingerprint density at radius 2 is 1.71 bits per heavy atom. The summed E-state index contributed by atoms with van der Waals surface area (Å²) in [5.74, 6) is 0.604. The van der Waals surface area contributed by atoms with Gasteiger partial charge in [-0.05, 0) is 36.4 Å². The van der Waals surface area contributed by atoms with E-state index in [1.807, 2.05) is 0 Å². The SMILES string of the molecule is O=S(=O)(Nc1ccc(C2=NCCO2)cc1)c1ccccc1. The number of nitrogens with zero attached hydrogens (tertiary/aromatic N) is 1. The van der Waals surface area contributed by atoms with Gasteiger partial charge in [0, 0.05) is 11.3 Å². The lowest BCUT2D eigenvalue weighted by Gasteiger charge is -2.08. The maximum Gasteiger partial charge on any atom is 0.261 e. The van der Waals surface area contributed by atoms with Crippen molar-refractivity contribution in [2.24, 2.45) is 4.99 Å². The van der Waals surface area contributed by atoms with Crippen LogP contribution in [0.1, 0.15) is 5.56 Å². The highest BCUT2D eigenvalue weighted by molar-refractivity contribution is 7.92. The van der Waals surface area contributed by atoms with Crippen LogP contribution in [-0.4, -0.2) is 27.5 Å². The Morgan fingerprint density at radius 1 is 1.00 bits per heavy atom. The third kappa shape index (κ3) is 3.05. The lowest BCUT2D eigenvalue weighted by molar-refractivity contribution is 0.348. The topological polar surface area (TPSA) is 67.8 Å². The molecule has 1 heterocycles. The van der Waals surface area contributed by atoms with Crippen molar-refractivity contribution in [3.63, 3.8) is 0 Å². The molecule has 1 aliphatic rings. The van der Waals surface area contributed by atoms with Gasteiger partial charge in [0.25, 0.3) is 10.0 Å². The van der Waals surface area contributed by atoms with Crippen LogP contribution in [0.5, 0.6) is 0 Å². The molecular weight excluding hydrogens is 288 g/mol. The van der Waals surface area contributed by atoms with Gasteiger partial charge in [0.1, 0.15) is 6.61 Å². The molecule has 0 radical (unpaired) electrons. The van der Waals surface area contributed by atoms with Gasteiger partial charge in [-0.2, -0.15) is 0 Å². The first-order chi connectivity index (χ1) is 10.1. The molecule has 0 bridgehead atoms. The van der Waals surface area contributed by atoms with Crippen LogP contribution < -0.4 is 4.72 Å². The zero-order chi connectivity index (χ0) is 14.7. The molecule has 0 fully saturated rings. The minimum atomic E-state index is -3.56. The maximum absolute atomic E-state index is 12.2. The smallest absolute Gasteiger partial charge is 0.261 e. The zero-order valence-electron chi connectivity index (χ0n) is 11.2. The third-order valence-corrected chi connectivity index (χ3v) is 4.42. The quantitative estimate of drug-likeness (QED) is 0.942. The van der Waals surface area contributed by atoms with Crippen LogP contribution in [0.15, 0.2) is 64.5 Å². The number of hydrogen-bond donors (Lipinski definition) is 1. The molecule has 3 rings (SSSR count). The van der Waals surface area contributed by atoms with Crippen molar-refractivity contribution in [1.82, 2.24) is 0 Å². The highest BCUT2D eigenvalue weighted by Crippen LogP contribution is 2.17. The molecule has 1 aliphatic heterocycles. The molecular formula is C15H14N2O3S. The van der Waals surface area contributed by atoms with Crippen LogP contribution in [-0.2, 0) is 14.8 Å². The number of aliphatic imine (C=N–C) groups is 1. The van der Waals surface area contributed by atoms with E-state index in [9.17, 15) is 8.42 Å². The van der Waals surface area contributed by atoms with Crippen LogP contribution in [0, 0.1) is 0 Å². The number of anilines is 1. The largest absolute Gasteiger partial charge is 0.476 e. The molecule has 0 atom stereocenters. The zero-order valence-corrected chi connectivity index (χ0v) is 12.0. The fourth-order valence-corrected chi connectivity index (χ4v) is 3.08.